The van der Waals surface area contributed by atoms with Crippen LogP contribution in [-0.4, -0.2) is 52.2 Å². The van der Waals surface area contributed by atoms with Crippen LogP contribution in [0.25, 0.3) is 0 Å². The standard InChI is InChI=1S/C9H17NO5/c10-6-1-2-7(9(13)14)15-8(6)3-5(12)4-11/h5-8,11-12H,1-4,10H2,(H,13,14)/t5?,6-,7+,8+/m1/s1. The Hall–Kier alpha value is -0.690. The van der Waals surface area contributed by atoms with Gasteiger partial charge in [0.1, 0.15) is 0 Å². The van der Waals surface area contributed by atoms with Crippen LogP contribution in [0.3, 0.4) is 0 Å². The van der Waals surface area contributed by atoms with Gasteiger partial charge in [0, 0.05) is 12.5 Å². The summed E-state index contributed by atoms with van der Waals surface area (Å²) in [7, 11) is 0. The maximum absolute atomic E-state index is 10.7. The molecule has 1 fully saturated rings. The van der Waals surface area contributed by atoms with Crippen molar-refractivity contribution in [3.8, 4) is 0 Å². The van der Waals surface area contributed by atoms with Crippen molar-refractivity contribution >= 4 is 5.97 Å². The molecule has 1 unspecified atom stereocenters. The van der Waals surface area contributed by atoms with Gasteiger partial charge in [-0.05, 0) is 12.8 Å². The minimum Gasteiger partial charge on any atom is -0.479 e. The highest BCUT2D eigenvalue weighted by molar-refractivity contribution is 5.72. The minimum atomic E-state index is -1.01. The Balaban J connectivity index is 2.49. The molecule has 0 aliphatic carbocycles. The Kier molecular flexibility index (Phi) is 4.46. The van der Waals surface area contributed by atoms with Crippen LogP contribution in [0.2, 0.25) is 0 Å². The summed E-state index contributed by atoms with van der Waals surface area (Å²) in [4.78, 5) is 10.7. The van der Waals surface area contributed by atoms with Crippen molar-refractivity contribution in [2.75, 3.05) is 6.61 Å². The lowest BCUT2D eigenvalue weighted by Crippen LogP contribution is -2.48. The molecular formula is C9H17NO5. The van der Waals surface area contributed by atoms with E-state index in [0.717, 1.165) is 0 Å². The Bertz CT molecular complexity index is 223. The van der Waals surface area contributed by atoms with E-state index in [2.05, 4.69) is 0 Å². The Labute approximate surface area is 87.7 Å². The fraction of sp³-hybridized carbons (Fsp3) is 0.889. The summed E-state index contributed by atoms with van der Waals surface area (Å²) in [6.45, 7) is -0.371. The van der Waals surface area contributed by atoms with Gasteiger partial charge in [0.15, 0.2) is 6.10 Å². The summed E-state index contributed by atoms with van der Waals surface area (Å²) in [5, 5.41) is 26.6. The molecule has 1 saturated heterocycles. The highest BCUT2D eigenvalue weighted by Crippen LogP contribution is 2.21. The average molecular weight is 219 g/mol. The molecule has 1 aliphatic heterocycles. The fourth-order valence-corrected chi connectivity index (χ4v) is 1.66. The van der Waals surface area contributed by atoms with Crippen LogP contribution < -0.4 is 5.73 Å². The van der Waals surface area contributed by atoms with Gasteiger partial charge in [-0.25, -0.2) is 4.79 Å². The molecule has 0 bridgehead atoms. The molecule has 1 heterocycles. The second kappa shape index (κ2) is 5.41. The molecule has 1 rings (SSSR count). The third-order valence-electron chi connectivity index (χ3n) is 2.57. The van der Waals surface area contributed by atoms with Crippen LogP contribution in [0.15, 0.2) is 0 Å². The van der Waals surface area contributed by atoms with Gasteiger partial charge >= 0.3 is 5.97 Å². The monoisotopic (exact) mass is 219 g/mol. The zero-order chi connectivity index (χ0) is 11.4. The second-order valence-electron chi connectivity index (χ2n) is 3.81. The molecular weight excluding hydrogens is 202 g/mol. The largest absolute Gasteiger partial charge is 0.479 e. The Morgan fingerprint density at radius 2 is 2.20 bits per heavy atom. The number of carboxylic acids is 1. The van der Waals surface area contributed by atoms with E-state index < -0.39 is 24.3 Å². The van der Waals surface area contributed by atoms with E-state index in [4.69, 9.17) is 20.7 Å². The van der Waals surface area contributed by atoms with Gasteiger partial charge in [-0.2, -0.15) is 0 Å². The first-order chi connectivity index (χ1) is 7.04. The number of ether oxygens (including phenoxy) is 1. The molecule has 0 aromatic rings. The quantitative estimate of drug-likeness (QED) is 0.467. The summed E-state index contributed by atoms with van der Waals surface area (Å²) in [6.07, 6.45) is -1.14. The molecule has 0 amide bonds. The molecule has 0 aromatic heterocycles. The van der Waals surface area contributed by atoms with E-state index in [-0.39, 0.29) is 19.1 Å². The predicted octanol–water partition coefficient (Wildman–Crippen LogP) is -1.31. The van der Waals surface area contributed by atoms with E-state index in [9.17, 15) is 9.90 Å². The van der Waals surface area contributed by atoms with E-state index in [0.29, 0.717) is 12.8 Å². The molecule has 4 atom stereocenters. The van der Waals surface area contributed by atoms with Gasteiger partial charge in [0.05, 0.1) is 18.8 Å². The fourth-order valence-electron chi connectivity index (χ4n) is 1.66. The molecule has 0 aromatic carbocycles. The maximum Gasteiger partial charge on any atom is 0.332 e. The first kappa shape index (κ1) is 12.4. The first-order valence-electron chi connectivity index (χ1n) is 4.97. The lowest BCUT2D eigenvalue weighted by atomic mass is 9.95. The SMILES string of the molecule is N[C@@H]1CC[C@@H](C(=O)O)O[C@H]1CC(O)CO. The summed E-state index contributed by atoms with van der Waals surface area (Å²) in [6, 6.07) is -0.276. The smallest absolute Gasteiger partial charge is 0.332 e. The van der Waals surface area contributed by atoms with E-state index >= 15 is 0 Å². The van der Waals surface area contributed by atoms with Crippen LogP contribution >= 0.6 is 0 Å². The highest BCUT2D eigenvalue weighted by Gasteiger charge is 2.33. The summed E-state index contributed by atoms with van der Waals surface area (Å²) in [5.74, 6) is -1.01. The van der Waals surface area contributed by atoms with Crippen molar-refractivity contribution in [2.45, 2.75) is 43.6 Å². The van der Waals surface area contributed by atoms with Crippen LogP contribution in [0.1, 0.15) is 19.3 Å². The Morgan fingerprint density at radius 1 is 1.53 bits per heavy atom. The number of hydrogen-bond donors (Lipinski definition) is 4. The Morgan fingerprint density at radius 3 is 2.73 bits per heavy atom. The lowest BCUT2D eigenvalue weighted by Gasteiger charge is -2.33. The van der Waals surface area contributed by atoms with Gasteiger partial charge in [-0.1, -0.05) is 0 Å². The van der Waals surface area contributed by atoms with Crippen molar-refractivity contribution < 1.29 is 24.9 Å². The number of carboxylic acid groups (broad SMARTS) is 1. The van der Waals surface area contributed by atoms with Crippen molar-refractivity contribution in [3.05, 3.63) is 0 Å². The van der Waals surface area contributed by atoms with Gasteiger partial charge < -0.3 is 25.8 Å². The number of rotatable bonds is 4. The van der Waals surface area contributed by atoms with Crippen molar-refractivity contribution in [1.82, 2.24) is 0 Å². The zero-order valence-electron chi connectivity index (χ0n) is 8.37. The third-order valence-corrected chi connectivity index (χ3v) is 2.57. The van der Waals surface area contributed by atoms with Crippen LogP contribution in [0, 0.1) is 0 Å². The number of aliphatic carboxylic acids is 1. The van der Waals surface area contributed by atoms with E-state index in [1.807, 2.05) is 0 Å². The van der Waals surface area contributed by atoms with Gasteiger partial charge in [-0.15, -0.1) is 0 Å². The normalized spacial score (nSPS) is 33.7. The topological polar surface area (TPSA) is 113 Å². The molecule has 0 radical (unpaired) electrons. The van der Waals surface area contributed by atoms with E-state index in [1.165, 1.54) is 0 Å². The van der Waals surface area contributed by atoms with Crippen LogP contribution in [0.5, 0.6) is 0 Å². The summed E-state index contributed by atoms with van der Waals surface area (Å²) < 4.78 is 5.24. The number of aliphatic hydroxyl groups excluding tert-OH is 2. The van der Waals surface area contributed by atoms with Gasteiger partial charge in [-0.3, -0.25) is 0 Å². The summed E-state index contributed by atoms with van der Waals surface area (Å²) in [5.41, 5.74) is 5.73. The van der Waals surface area contributed by atoms with Crippen LogP contribution in [0.4, 0.5) is 0 Å². The molecule has 6 nitrogen and oxygen atoms in total. The number of hydrogen-bond acceptors (Lipinski definition) is 5. The van der Waals surface area contributed by atoms with Crippen LogP contribution in [-0.2, 0) is 9.53 Å². The highest BCUT2D eigenvalue weighted by atomic mass is 16.5. The third kappa shape index (κ3) is 3.42. The predicted molar refractivity (Wildman–Crippen MR) is 51.2 cm³/mol. The maximum atomic E-state index is 10.7. The van der Waals surface area contributed by atoms with Crippen molar-refractivity contribution in [1.29, 1.82) is 0 Å². The summed E-state index contributed by atoms with van der Waals surface area (Å²) >= 11 is 0. The molecule has 15 heavy (non-hydrogen) atoms. The average Bonchev–Trinajstić information content (AvgIpc) is 2.20. The van der Waals surface area contributed by atoms with Crippen molar-refractivity contribution in [2.24, 2.45) is 5.73 Å². The molecule has 0 spiro atoms. The molecule has 0 saturated carbocycles. The number of aliphatic hydroxyl groups is 2. The van der Waals surface area contributed by atoms with Gasteiger partial charge in [0.2, 0.25) is 0 Å². The molecule has 6 heteroatoms. The number of nitrogens with two attached hydrogens (primary N) is 1. The number of carbonyl (C=O) groups is 1. The second-order valence-corrected chi connectivity index (χ2v) is 3.81. The lowest BCUT2D eigenvalue weighted by molar-refractivity contribution is -0.162. The molecule has 5 N–H and O–H groups in total. The molecule has 1 aliphatic rings. The van der Waals surface area contributed by atoms with Gasteiger partial charge in [0.25, 0.3) is 0 Å². The van der Waals surface area contributed by atoms with E-state index in [1.54, 1.807) is 0 Å². The zero-order valence-corrected chi connectivity index (χ0v) is 8.37. The minimum absolute atomic E-state index is 0.168. The van der Waals surface area contributed by atoms with Crippen molar-refractivity contribution in [3.63, 3.8) is 0 Å². The molecule has 88 valence electrons. The first-order valence-corrected chi connectivity index (χ1v) is 4.97.